The quantitative estimate of drug-likeness (QED) is 0.839. The number of alkyl halides is 1. The van der Waals surface area contributed by atoms with Crippen molar-refractivity contribution in [3.05, 3.63) is 29.6 Å². The smallest absolute Gasteiger partial charge is 0.238 e. The predicted molar refractivity (Wildman–Crippen MR) is 67.9 cm³/mol. The molecule has 0 aromatic heterocycles. The molecule has 92 valence electrons. The minimum absolute atomic E-state index is 0.129. The van der Waals surface area contributed by atoms with Crippen LogP contribution in [0.1, 0.15) is 24.9 Å². The molecule has 0 fully saturated rings. The van der Waals surface area contributed by atoms with E-state index in [0.717, 1.165) is 22.6 Å². The Bertz CT molecular complexity index is 439. The fourth-order valence-corrected chi connectivity index (χ4v) is 2.97. The molecule has 1 N–H and O–H groups in total. The highest BCUT2D eigenvalue weighted by molar-refractivity contribution is 7.99. The Balaban J connectivity index is 2.22. The van der Waals surface area contributed by atoms with Gasteiger partial charge in [-0.15, -0.1) is 23.4 Å². The molecular formula is C12H13ClFNOS. The second-order valence-electron chi connectivity index (χ2n) is 4.00. The molecule has 1 aromatic rings. The zero-order valence-corrected chi connectivity index (χ0v) is 10.9. The van der Waals surface area contributed by atoms with Crippen LogP contribution in [0, 0.1) is 5.82 Å². The van der Waals surface area contributed by atoms with Crippen molar-refractivity contribution < 1.29 is 9.18 Å². The summed E-state index contributed by atoms with van der Waals surface area (Å²) in [7, 11) is 0. The summed E-state index contributed by atoms with van der Waals surface area (Å²) in [4.78, 5) is 12.6. The van der Waals surface area contributed by atoms with Gasteiger partial charge in [0.25, 0.3) is 0 Å². The first kappa shape index (κ1) is 12.7. The van der Waals surface area contributed by atoms with Crippen molar-refractivity contribution in [3.8, 4) is 0 Å². The van der Waals surface area contributed by atoms with Gasteiger partial charge in [-0.2, -0.15) is 0 Å². The van der Waals surface area contributed by atoms with Crippen molar-refractivity contribution in [2.45, 2.75) is 29.7 Å². The number of amides is 1. The summed E-state index contributed by atoms with van der Waals surface area (Å²) in [5.41, 5.74) is 0.854. The zero-order valence-electron chi connectivity index (χ0n) is 9.37. The van der Waals surface area contributed by atoms with E-state index in [1.807, 2.05) is 0 Å². The molecule has 2 unspecified atom stereocenters. The largest absolute Gasteiger partial charge is 0.348 e. The summed E-state index contributed by atoms with van der Waals surface area (Å²) in [6.07, 6.45) is 0.802. The minimum Gasteiger partial charge on any atom is -0.348 e. The van der Waals surface area contributed by atoms with Crippen molar-refractivity contribution in [1.29, 1.82) is 0 Å². The van der Waals surface area contributed by atoms with Crippen LogP contribution >= 0.6 is 23.4 Å². The molecule has 0 saturated heterocycles. The number of hydrogen-bond donors (Lipinski definition) is 1. The first-order valence-corrected chi connectivity index (χ1v) is 6.87. The molecule has 1 heterocycles. The number of thioether (sulfide) groups is 1. The number of rotatable bonds is 2. The van der Waals surface area contributed by atoms with Crippen molar-refractivity contribution in [1.82, 2.24) is 5.32 Å². The van der Waals surface area contributed by atoms with E-state index in [1.165, 1.54) is 12.1 Å². The molecule has 0 radical (unpaired) electrons. The van der Waals surface area contributed by atoms with Gasteiger partial charge in [0.1, 0.15) is 11.2 Å². The molecule has 1 aromatic carbocycles. The lowest BCUT2D eigenvalue weighted by atomic mass is 10.0. The Labute approximate surface area is 109 Å². The summed E-state index contributed by atoms with van der Waals surface area (Å²) in [5.74, 6) is 0.434. The van der Waals surface area contributed by atoms with Crippen molar-refractivity contribution in [2.24, 2.45) is 0 Å². The van der Waals surface area contributed by atoms with Gasteiger partial charge in [0.15, 0.2) is 0 Å². The molecular weight excluding hydrogens is 261 g/mol. The van der Waals surface area contributed by atoms with Crippen LogP contribution in [0.2, 0.25) is 0 Å². The third kappa shape index (κ3) is 2.93. The van der Waals surface area contributed by atoms with Gasteiger partial charge in [0.2, 0.25) is 5.91 Å². The van der Waals surface area contributed by atoms with E-state index in [4.69, 9.17) is 11.6 Å². The van der Waals surface area contributed by atoms with Crippen LogP contribution < -0.4 is 5.32 Å². The highest BCUT2D eigenvalue weighted by atomic mass is 35.5. The average Bonchev–Trinajstić information content (AvgIpc) is 2.29. The maximum absolute atomic E-state index is 13.2. The Hall–Kier alpha value is -0.740. The molecule has 1 aliphatic heterocycles. The number of fused-ring (bicyclic) bond motifs is 1. The predicted octanol–water partition coefficient (Wildman–Crippen LogP) is 3.11. The van der Waals surface area contributed by atoms with Crippen LogP contribution in [-0.2, 0) is 4.79 Å². The van der Waals surface area contributed by atoms with E-state index in [1.54, 1.807) is 24.8 Å². The molecule has 17 heavy (non-hydrogen) atoms. The molecule has 0 aliphatic carbocycles. The summed E-state index contributed by atoms with van der Waals surface area (Å²) in [6, 6.07) is 4.57. The van der Waals surface area contributed by atoms with E-state index in [9.17, 15) is 9.18 Å². The van der Waals surface area contributed by atoms with E-state index in [-0.39, 0.29) is 17.8 Å². The summed E-state index contributed by atoms with van der Waals surface area (Å²) < 4.78 is 13.2. The van der Waals surface area contributed by atoms with Crippen LogP contribution in [0.5, 0.6) is 0 Å². The number of carbonyl (C=O) groups is 1. The monoisotopic (exact) mass is 273 g/mol. The zero-order chi connectivity index (χ0) is 12.4. The topological polar surface area (TPSA) is 29.1 Å². The second-order valence-corrected chi connectivity index (χ2v) is 5.79. The lowest BCUT2D eigenvalue weighted by Gasteiger charge is -2.26. The minimum atomic E-state index is -0.568. The number of hydrogen-bond acceptors (Lipinski definition) is 2. The molecule has 1 amide bonds. The molecule has 5 heteroatoms. The maximum Gasteiger partial charge on any atom is 0.238 e. The van der Waals surface area contributed by atoms with Gasteiger partial charge in [-0.05, 0) is 37.1 Å². The summed E-state index contributed by atoms with van der Waals surface area (Å²) in [5, 5.41) is 2.28. The summed E-state index contributed by atoms with van der Waals surface area (Å²) in [6.45, 7) is 1.63. The highest BCUT2D eigenvalue weighted by Crippen LogP contribution is 2.36. The number of nitrogens with one attached hydrogen (secondary N) is 1. The fourth-order valence-electron chi connectivity index (χ4n) is 1.80. The molecule has 2 atom stereocenters. The van der Waals surface area contributed by atoms with Crippen LogP contribution in [-0.4, -0.2) is 17.0 Å². The lowest BCUT2D eigenvalue weighted by Crippen LogP contribution is -2.34. The normalized spacial score (nSPS) is 20.5. The standard InChI is InChI=1S/C12H13ClFNOS/c1-7(13)12(16)15-10-4-5-17-11-3-2-8(14)6-9(10)11/h2-3,6-7,10H,4-5H2,1H3,(H,15,16). The van der Waals surface area contributed by atoms with Gasteiger partial charge >= 0.3 is 0 Å². The first-order valence-electron chi connectivity index (χ1n) is 5.44. The molecule has 2 rings (SSSR count). The van der Waals surface area contributed by atoms with Gasteiger partial charge in [-0.25, -0.2) is 4.39 Å². The van der Waals surface area contributed by atoms with Crippen molar-refractivity contribution in [2.75, 3.05) is 5.75 Å². The first-order chi connectivity index (χ1) is 8.08. The van der Waals surface area contributed by atoms with Crippen LogP contribution in [0.3, 0.4) is 0 Å². The van der Waals surface area contributed by atoms with Crippen LogP contribution in [0.4, 0.5) is 4.39 Å². The SMILES string of the molecule is CC(Cl)C(=O)NC1CCSc2ccc(F)cc21. The Kier molecular flexibility index (Phi) is 3.94. The third-order valence-electron chi connectivity index (χ3n) is 2.69. The number of halogens is 2. The Morgan fingerprint density at radius 2 is 2.41 bits per heavy atom. The molecule has 0 spiro atoms. The molecule has 0 saturated carbocycles. The number of benzene rings is 1. The van der Waals surface area contributed by atoms with Gasteiger partial charge in [0.05, 0.1) is 6.04 Å². The van der Waals surface area contributed by atoms with E-state index in [0.29, 0.717) is 0 Å². The summed E-state index contributed by atoms with van der Waals surface area (Å²) >= 11 is 7.40. The van der Waals surface area contributed by atoms with Crippen molar-refractivity contribution in [3.63, 3.8) is 0 Å². The van der Waals surface area contributed by atoms with Gasteiger partial charge in [0, 0.05) is 10.6 Å². The highest BCUT2D eigenvalue weighted by Gasteiger charge is 2.24. The van der Waals surface area contributed by atoms with Gasteiger partial charge in [-0.3, -0.25) is 4.79 Å². The Morgan fingerprint density at radius 1 is 1.65 bits per heavy atom. The lowest BCUT2D eigenvalue weighted by molar-refractivity contribution is -0.121. The second kappa shape index (κ2) is 5.27. The van der Waals surface area contributed by atoms with Gasteiger partial charge < -0.3 is 5.32 Å². The molecule has 0 bridgehead atoms. The van der Waals surface area contributed by atoms with Crippen LogP contribution in [0.25, 0.3) is 0 Å². The Morgan fingerprint density at radius 3 is 3.12 bits per heavy atom. The average molecular weight is 274 g/mol. The van der Waals surface area contributed by atoms with Crippen LogP contribution in [0.15, 0.2) is 23.1 Å². The third-order valence-corrected chi connectivity index (χ3v) is 4.01. The maximum atomic E-state index is 13.2. The fraction of sp³-hybridized carbons (Fsp3) is 0.417. The van der Waals surface area contributed by atoms with E-state index >= 15 is 0 Å². The van der Waals surface area contributed by atoms with E-state index in [2.05, 4.69) is 5.32 Å². The number of carbonyl (C=O) groups excluding carboxylic acids is 1. The molecule has 2 nitrogen and oxygen atoms in total. The van der Waals surface area contributed by atoms with E-state index < -0.39 is 5.38 Å². The van der Waals surface area contributed by atoms with Crippen molar-refractivity contribution >= 4 is 29.3 Å². The molecule has 1 aliphatic rings. The van der Waals surface area contributed by atoms with Gasteiger partial charge in [-0.1, -0.05) is 0 Å².